The molecule has 0 fully saturated rings. The molecule has 0 aromatic carbocycles. The average molecular weight is 248 g/mol. The van der Waals surface area contributed by atoms with Crippen LogP contribution in [0.3, 0.4) is 0 Å². The topological polar surface area (TPSA) is 22.1 Å². The summed E-state index contributed by atoms with van der Waals surface area (Å²) in [5.74, 6) is 0.656. The zero-order chi connectivity index (χ0) is 11.3. The fourth-order valence-corrected chi connectivity index (χ4v) is 1.46. The largest absolute Gasteiger partial charge is 0.377 e. The Kier molecular flexibility index (Phi) is 5.37. The SMILES string of the molecule is CC(C)CCOCc1cnc(Cl)cc1Cl. The third-order valence-electron chi connectivity index (χ3n) is 1.99. The van der Waals surface area contributed by atoms with Crippen LogP contribution in [-0.4, -0.2) is 11.6 Å². The van der Waals surface area contributed by atoms with E-state index in [1.807, 2.05) is 0 Å². The van der Waals surface area contributed by atoms with Gasteiger partial charge in [-0.2, -0.15) is 0 Å². The maximum Gasteiger partial charge on any atom is 0.130 e. The summed E-state index contributed by atoms with van der Waals surface area (Å²) in [6.45, 7) is 5.58. The molecule has 1 heterocycles. The van der Waals surface area contributed by atoms with Gasteiger partial charge in [0.05, 0.1) is 11.6 Å². The lowest BCUT2D eigenvalue weighted by Crippen LogP contribution is -2.00. The van der Waals surface area contributed by atoms with E-state index in [-0.39, 0.29) is 0 Å². The van der Waals surface area contributed by atoms with Crippen molar-refractivity contribution in [2.75, 3.05) is 6.61 Å². The molecule has 2 nitrogen and oxygen atoms in total. The standard InChI is InChI=1S/C11H15Cl2NO/c1-8(2)3-4-15-7-9-6-14-11(13)5-10(9)12/h5-6,8H,3-4,7H2,1-2H3. The molecule has 1 rings (SSSR count). The summed E-state index contributed by atoms with van der Waals surface area (Å²) in [4.78, 5) is 3.95. The number of nitrogens with zero attached hydrogens (tertiary/aromatic N) is 1. The van der Waals surface area contributed by atoms with E-state index in [4.69, 9.17) is 27.9 Å². The second-order valence-electron chi connectivity index (χ2n) is 3.83. The molecule has 0 saturated heterocycles. The molecule has 4 heteroatoms. The van der Waals surface area contributed by atoms with Gasteiger partial charge < -0.3 is 4.74 Å². The van der Waals surface area contributed by atoms with Crippen molar-refractivity contribution in [2.45, 2.75) is 26.9 Å². The molecule has 0 saturated carbocycles. The fraction of sp³-hybridized carbons (Fsp3) is 0.545. The number of pyridine rings is 1. The van der Waals surface area contributed by atoms with Gasteiger partial charge in [0, 0.05) is 18.4 Å². The van der Waals surface area contributed by atoms with Gasteiger partial charge in [-0.15, -0.1) is 0 Å². The predicted octanol–water partition coefficient (Wildman–Crippen LogP) is 3.95. The van der Waals surface area contributed by atoms with Crippen LogP contribution in [0.5, 0.6) is 0 Å². The van der Waals surface area contributed by atoms with Crippen LogP contribution in [-0.2, 0) is 11.3 Å². The molecular formula is C11H15Cl2NO. The minimum absolute atomic E-state index is 0.408. The van der Waals surface area contributed by atoms with Crippen LogP contribution < -0.4 is 0 Å². The smallest absolute Gasteiger partial charge is 0.130 e. The van der Waals surface area contributed by atoms with Crippen molar-refractivity contribution in [1.29, 1.82) is 0 Å². The Labute approximate surface area is 101 Å². The van der Waals surface area contributed by atoms with E-state index < -0.39 is 0 Å². The Morgan fingerprint density at radius 2 is 2.13 bits per heavy atom. The van der Waals surface area contributed by atoms with Crippen molar-refractivity contribution in [3.8, 4) is 0 Å². The Morgan fingerprint density at radius 3 is 2.73 bits per heavy atom. The monoisotopic (exact) mass is 247 g/mol. The van der Waals surface area contributed by atoms with E-state index in [1.54, 1.807) is 12.3 Å². The quantitative estimate of drug-likeness (QED) is 0.581. The molecule has 84 valence electrons. The first-order chi connectivity index (χ1) is 7.09. The maximum absolute atomic E-state index is 5.97. The molecular weight excluding hydrogens is 233 g/mol. The first kappa shape index (κ1) is 12.8. The van der Waals surface area contributed by atoms with Gasteiger partial charge in [-0.25, -0.2) is 4.98 Å². The van der Waals surface area contributed by atoms with Crippen LogP contribution in [0.2, 0.25) is 10.2 Å². The van der Waals surface area contributed by atoms with Crippen LogP contribution in [0, 0.1) is 5.92 Å². The Bertz CT molecular complexity index is 315. The zero-order valence-corrected chi connectivity index (χ0v) is 10.5. The van der Waals surface area contributed by atoms with Gasteiger partial charge in [-0.3, -0.25) is 0 Å². The summed E-state index contributed by atoms with van der Waals surface area (Å²) in [6.07, 6.45) is 2.71. The Hall–Kier alpha value is -0.310. The summed E-state index contributed by atoms with van der Waals surface area (Å²) in [6, 6.07) is 1.63. The van der Waals surface area contributed by atoms with Gasteiger partial charge in [-0.05, 0) is 18.4 Å². The van der Waals surface area contributed by atoms with Gasteiger partial charge in [0.15, 0.2) is 0 Å². The van der Waals surface area contributed by atoms with E-state index in [1.165, 1.54) is 0 Å². The minimum atomic E-state index is 0.408. The summed E-state index contributed by atoms with van der Waals surface area (Å²) in [7, 11) is 0. The van der Waals surface area contributed by atoms with Crippen LogP contribution >= 0.6 is 23.2 Å². The fourth-order valence-electron chi connectivity index (χ4n) is 1.04. The van der Waals surface area contributed by atoms with Crippen molar-refractivity contribution in [3.05, 3.63) is 28.0 Å². The lowest BCUT2D eigenvalue weighted by atomic mass is 10.1. The molecule has 0 atom stereocenters. The highest BCUT2D eigenvalue weighted by atomic mass is 35.5. The summed E-state index contributed by atoms with van der Waals surface area (Å²) < 4.78 is 5.48. The molecule has 1 aromatic heterocycles. The van der Waals surface area contributed by atoms with E-state index in [0.29, 0.717) is 22.7 Å². The first-order valence-electron chi connectivity index (χ1n) is 4.97. The Morgan fingerprint density at radius 1 is 1.40 bits per heavy atom. The van der Waals surface area contributed by atoms with E-state index >= 15 is 0 Å². The summed E-state index contributed by atoms with van der Waals surface area (Å²) in [5, 5.41) is 1.02. The molecule has 0 aliphatic heterocycles. The highest BCUT2D eigenvalue weighted by Gasteiger charge is 2.02. The van der Waals surface area contributed by atoms with Crippen molar-refractivity contribution in [1.82, 2.24) is 4.98 Å². The minimum Gasteiger partial charge on any atom is -0.377 e. The molecule has 0 aliphatic carbocycles. The molecule has 0 aliphatic rings. The molecule has 0 N–H and O–H groups in total. The molecule has 1 aromatic rings. The molecule has 0 spiro atoms. The van der Waals surface area contributed by atoms with Crippen molar-refractivity contribution in [2.24, 2.45) is 5.92 Å². The van der Waals surface area contributed by atoms with Crippen LogP contribution in [0.15, 0.2) is 12.3 Å². The number of rotatable bonds is 5. The third-order valence-corrected chi connectivity index (χ3v) is 2.55. The molecule has 0 bridgehead atoms. The first-order valence-corrected chi connectivity index (χ1v) is 5.73. The van der Waals surface area contributed by atoms with E-state index in [2.05, 4.69) is 18.8 Å². The number of halogens is 2. The van der Waals surface area contributed by atoms with Gasteiger partial charge >= 0.3 is 0 Å². The van der Waals surface area contributed by atoms with Crippen LogP contribution in [0.4, 0.5) is 0 Å². The second kappa shape index (κ2) is 6.31. The van der Waals surface area contributed by atoms with Crippen molar-refractivity contribution < 1.29 is 4.74 Å². The van der Waals surface area contributed by atoms with Crippen LogP contribution in [0.25, 0.3) is 0 Å². The van der Waals surface area contributed by atoms with Crippen molar-refractivity contribution in [3.63, 3.8) is 0 Å². The van der Waals surface area contributed by atoms with E-state index in [0.717, 1.165) is 18.6 Å². The zero-order valence-electron chi connectivity index (χ0n) is 8.96. The maximum atomic E-state index is 5.97. The number of aromatic nitrogens is 1. The Balaban J connectivity index is 2.37. The predicted molar refractivity (Wildman–Crippen MR) is 63.4 cm³/mol. The lowest BCUT2D eigenvalue weighted by Gasteiger charge is -2.07. The van der Waals surface area contributed by atoms with Gasteiger partial charge in [0.25, 0.3) is 0 Å². The van der Waals surface area contributed by atoms with Crippen LogP contribution in [0.1, 0.15) is 25.8 Å². The summed E-state index contributed by atoms with van der Waals surface area (Å²) >= 11 is 11.7. The molecule has 0 unspecified atom stereocenters. The molecule has 0 amide bonds. The second-order valence-corrected chi connectivity index (χ2v) is 4.63. The molecule has 0 radical (unpaired) electrons. The molecule has 15 heavy (non-hydrogen) atoms. The normalized spacial score (nSPS) is 11.0. The highest BCUT2D eigenvalue weighted by molar-refractivity contribution is 6.34. The summed E-state index contributed by atoms with van der Waals surface area (Å²) in [5.41, 5.74) is 0.879. The van der Waals surface area contributed by atoms with Gasteiger partial charge in [0.2, 0.25) is 0 Å². The van der Waals surface area contributed by atoms with Crippen molar-refractivity contribution >= 4 is 23.2 Å². The highest BCUT2D eigenvalue weighted by Crippen LogP contribution is 2.19. The van der Waals surface area contributed by atoms with E-state index in [9.17, 15) is 0 Å². The van der Waals surface area contributed by atoms with Gasteiger partial charge in [-0.1, -0.05) is 37.0 Å². The average Bonchev–Trinajstić information content (AvgIpc) is 2.14. The third kappa shape index (κ3) is 4.83. The lowest BCUT2D eigenvalue weighted by molar-refractivity contribution is 0.110. The van der Waals surface area contributed by atoms with Gasteiger partial charge in [0.1, 0.15) is 5.15 Å². The number of ether oxygens (including phenoxy) is 1. The number of hydrogen-bond donors (Lipinski definition) is 0. The number of hydrogen-bond acceptors (Lipinski definition) is 2.